The van der Waals surface area contributed by atoms with Crippen LogP contribution in [0.2, 0.25) is 0 Å². The van der Waals surface area contributed by atoms with Gasteiger partial charge in [-0.2, -0.15) is 48.3 Å². The molecule has 0 saturated heterocycles. The van der Waals surface area contributed by atoms with E-state index in [9.17, 15) is 53.4 Å². The highest BCUT2D eigenvalue weighted by Crippen LogP contribution is 2.44. The van der Waals surface area contributed by atoms with Crippen LogP contribution in [-0.4, -0.2) is 30.1 Å². The summed E-state index contributed by atoms with van der Waals surface area (Å²) in [6.07, 6.45) is -18.5. The molecule has 1 N–H and O–H groups in total. The van der Waals surface area contributed by atoms with Crippen molar-refractivity contribution in [3.8, 4) is 5.75 Å². The van der Waals surface area contributed by atoms with Crippen molar-refractivity contribution in [1.29, 1.82) is 0 Å². The average molecular weight is 587 g/mol. The molecular weight excluding hydrogens is 567 g/mol. The molecule has 0 aromatic heterocycles. The van der Waals surface area contributed by atoms with Gasteiger partial charge in [0.2, 0.25) is 0 Å². The molecule has 0 heterocycles. The molecule has 0 aliphatic rings. The number of alkyl halides is 11. The Morgan fingerprint density at radius 3 is 1.88 bits per heavy atom. The first-order valence-corrected chi connectivity index (χ1v) is 11.3. The van der Waals surface area contributed by atoms with Crippen LogP contribution >= 0.6 is 0 Å². The van der Waals surface area contributed by atoms with E-state index in [1.807, 2.05) is 0 Å². The molecule has 0 fully saturated rings. The van der Waals surface area contributed by atoms with Gasteiger partial charge in [-0.05, 0) is 41.5 Å². The van der Waals surface area contributed by atoms with Crippen molar-refractivity contribution in [2.24, 2.45) is 0 Å². The topological polar surface area (TPSA) is 32.7 Å². The molecule has 0 spiro atoms. The van der Waals surface area contributed by atoms with E-state index in [-0.39, 0.29) is 29.2 Å². The Hall–Kier alpha value is -3.55. The largest absolute Gasteiger partial charge is 0.489 e. The van der Waals surface area contributed by atoms with Gasteiger partial charge in [0.1, 0.15) is 12.4 Å². The number of aliphatic hydroxyl groups is 1. The van der Waals surface area contributed by atoms with Crippen LogP contribution in [0.4, 0.5) is 54.0 Å². The zero-order valence-corrected chi connectivity index (χ0v) is 20.1. The third-order valence-corrected chi connectivity index (χ3v) is 5.63. The second-order valence-corrected chi connectivity index (χ2v) is 8.69. The summed E-state index contributed by atoms with van der Waals surface area (Å²) in [5.74, 6) is -5.23. The Morgan fingerprint density at radius 2 is 1.27 bits per heavy atom. The van der Waals surface area contributed by atoms with Crippen molar-refractivity contribution < 1.29 is 58.1 Å². The molecule has 14 heteroatoms. The van der Waals surface area contributed by atoms with Gasteiger partial charge in [-0.25, -0.2) is 0 Å². The smallest absolute Gasteiger partial charge is 0.458 e. The van der Waals surface area contributed by atoms with E-state index in [2.05, 4.69) is 0 Å². The third-order valence-electron chi connectivity index (χ3n) is 5.63. The Labute approximate surface area is 220 Å². The molecule has 218 valence electrons. The fourth-order valence-electron chi connectivity index (χ4n) is 3.60. The average Bonchev–Trinajstić information content (AvgIpc) is 2.86. The highest BCUT2D eigenvalue weighted by Gasteiger charge is 2.58. The lowest BCUT2D eigenvalue weighted by molar-refractivity contribution is -0.289. The highest BCUT2D eigenvalue weighted by atomic mass is 19.4. The predicted octanol–water partition coefficient (Wildman–Crippen LogP) is 7.87. The molecule has 3 nitrogen and oxygen atoms in total. The van der Waals surface area contributed by atoms with Crippen LogP contribution in [0.5, 0.6) is 5.75 Å². The lowest BCUT2D eigenvalue weighted by Gasteiger charge is -2.29. The quantitative estimate of drug-likeness (QED) is 0.259. The van der Waals surface area contributed by atoms with Crippen LogP contribution in [0.1, 0.15) is 22.3 Å². The summed E-state index contributed by atoms with van der Waals surface area (Å²) in [4.78, 5) is 0.889. The van der Waals surface area contributed by atoms with Crippen molar-refractivity contribution in [2.45, 2.75) is 43.7 Å². The second kappa shape index (κ2) is 11.5. The number of anilines is 1. The first-order valence-electron chi connectivity index (χ1n) is 11.3. The Bertz CT molecular complexity index is 1290. The molecule has 0 radical (unpaired) electrons. The van der Waals surface area contributed by atoms with Crippen LogP contribution in [-0.2, 0) is 25.3 Å². The Balaban J connectivity index is 1.88. The molecule has 0 aliphatic carbocycles. The van der Waals surface area contributed by atoms with E-state index in [0.29, 0.717) is 12.1 Å². The summed E-state index contributed by atoms with van der Waals surface area (Å²) in [5, 5.41) is 9.64. The molecule has 40 heavy (non-hydrogen) atoms. The van der Waals surface area contributed by atoms with Crippen LogP contribution in [0, 0.1) is 0 Å². The Morgan fingerprint density at radius 1 is 0.700 bits per heavy atom. The molecule has 0 aliphatic heterocycles. The highest BCUT2D eigenvalue weighted by molar-refractivity contribution is 5.51. The molecule has 0 saturated carbocycles. The fraction of sp³-hybridized carbons (Fsp3) is 0.308. The standard InChI is InChI=1S/C26H20F11NO2/c27-23(28,26(35,36)37)18-6-1-4-16(10-18)13-38(14-22(39)25(32,33)34)20-8-3-9-21(12-20)40-15-17-5-2-7-19(11-17)24(29,30)31/h1-12,22,39H,13-15H2. The van der Waals surface area contributed by atoms with E-state index in [1.165, 1.54) is 30.3 Å². The normalized spacial score (nSPS) is 13.7. The monoisotopic (exact) mass is 587 g/mol. The Kier molecular flexibility index (Phi) is 8.92. The lowest BCUT2D eigenvalue weighted by Crippen LogP contribution is -2.41. The molecule has 3 rings (SSSR count). The van der Waals surface area contributed by atoms with Crippen molar-refractivity contribution in [1.82, 2.24) is 0 Å². The number of aliphatic hydroxyl groups excluding tert-OH is 1. The molecule has 0 amide bonds. The van der Waals surface area contributed by atoms with Crippen LogP contribution in [0.25, 0.3) is 0 Å². The maximum absolute atomic E-state index is 13.8. The van der Waals surface area contributed by atoms with Crippen molar-refractivity contribution in [3.63, 3.8) is 0 Å². The minimum Gasteiger partial charge on any atom is -0.489 e. The number of halogens is 11. The van der Waals surface area contributed by atoms with Gasteiger partial charge >= 0.3 is 24.5 Å². The maximum atomic E-state index is 13.8. The number of benzene rings is 3. The van der Waals surface area contributed by atoms with E-state index in [1.54, 1.807) is 0 Å². The summed E-state index contributed by atoms with van der Waals surface area (Å²) in [5.41, 5.74) is -2.48. The van der Waals surface area contributed by atoms with Crippen LogP contribution < -0.4 is 9.64 Å². The molecule has 3 aromatic carbocycles. The zero-order chi connectivity index (χ0) is 29.9. The van der Waals surface area contributed by atoms with Crippen molar-refractivity contribution in [2.75, 3.05) is 11.4 Å². The van der Waals surface area contributed by atoms with E-state index in [4.69, 9.17) is 4.74 Å². The molecular formula is C26H20F11NO2. The molecule has 1 unspecified atom stereocenters. The number of nitrogens with zero attached hydrogens (tertiary/aromatic N) is 1. The molecule has 1 atom stereocenters. The van der Waals surface area contributed by atoms with Gasteiger partial charge in [0, 0.05) is 23.9 Å². The van der Waals surface area contributed by atoms with Gasteiger partial charge < -0.3 is 14.7 Å². The van der Waals surface area contributed by atoms with Crippen molar-refractivity contribution >= 4 is 5.69 Å². The van der Waals surface area contributed by atoms with Crippen molar-refractivity contribution in [3.05, 3.63) is 95.1 Å². The van der Waals surface area contributed by atoms with Gasteiger partial charge in [-0.15, -0.1) is 0 Å². The van der Waals surface area contributed by atoms with Gasteiger partial charge in [0.25, 0.3) is 0 Å². The summed E-state index contributed by atoms with van der Waals surface area (Å²) in [7, 11) is 0. The number of rotatable bonds is 9. The number of hydrogen-bond donors (Lipinski definition) is 1. The fourth-order valence-corrected chi connectivity index (χ4v) is 3.60. The summed E-state index contributed by atoms with van der Waals surface area (Å²) < 4.78 is 150. The number of ether oxygens (including phenoxy) is 1. The predicted molar refractivity (Wildman–Crippen MR) is 122 cm³/mol. The number of hydrogen-bond acceptors (Lipinski definition) is 3. The summed E-state index contributed by atoms with van der Waals surface area (Å²) in [6, 6.07) is 12.4. The first-order chi connectivity index (χ1) is 18.4. The minimum absolute atomic E-state index is 0.00114. The van der Waals surface area contributed by atoms with Crippen LogP contribution in [0.15, 0.2) is 72.8 Å². The van der Waals surface area contributed by atoms with Gasteiger partial charge in [0.05, 0.1) is 12.1 Å². The van der Waals surface area contributed by atoms with Gasteiger partial charge in [0.15, 0.2) is 6.10 Å². The minimum atomic E-state index is -5.91. The van der Waals surface area contributed by atoms with E-state index < -0.39 is 54.8 Å². The van der Waals surface area contributed by atoms with Gasteiger partial charge in [-0.3, -0.25) is 0 Å². The maximum Gasteiger partial charge on any atom is 0.458 e. The summed E-state index contributed by atoms with van der Waals surface area (Å²) >= 11 is 0. The summed E-state index contributed by atoms with van der Waals surface area (Å²) in [6.45, 7) is -2.10. The van der Waals surface area contributed by atoms with Gasteiger partial charge in [-0.1, -0.05) is 36.4 Å². The molecule has 0 bridgehead atoms. The van der Waals surface area contributed by atoms with E-state index in [0.717, 1.165) is 35.2 Å². The van der Waals surface area contributed by atoms with Crippen LogP contribution in [0.3, 0.4) is 0 Å². The molecule has 3 aromatic rings. The first kappa shape index (κ1) is 31.0. The zero-order valence-electron chi connectivity index (χ0n) is 20.1. The lowest BCUT2D eigenvalue weighted by atomic mass is 10.0. The van der Waals surface area contributed by atoms with E-state index >= 15 is 0 Å². The SMILES string of the molecule is OC(CN(Cc1cccc(C(F)(F)C(F)(F)F)c1)c1cccc(OCc2cccc(C(F)(F)F)c2)c1)C(F)(F)F. The second-order valence-electron chi connectivity index (χ2n) is 8.69. The third kappa shape index (κ3) is 7.77.